The summed E-state index contributed by atoms with van der Waals surface area (Å²) in [5, 5.41) is 7.69. The van der Waals surface area contributed by atoms with Gasteiger partial charge in [-0.25, -0.2) is 0 Å². The molecule has 2 heterocycles. The Hall–Kier alpha value is -1.49. The van der Waals surface area contributed by atoms with Gasteiger partial charge in [0, 0.05) is 23.9 Å². The predicted octanol–water partition coefficient (Wildman–Crippen LogP) is 2.48. The van der Waals surface area contributed by atoms with Gasteiger partial charge in [-0.05, 0) is 40.9 Å². The van der Waals surface area contributed by atoms with Crippen molar-refractivity contribution in [2.45, 2.75) is 20.3 Å². The number of pyridine rings is 1. The standard InChI is InChI=1S/C13H14BrN3O/c1-4-10-11(9-5-6-15-16-7-9)8(2)12(14)13(18)17(10)3/h5-7H,4H2,1-3H3. The first-order valence-corrected chi connectivity index (χ1v) is 6.52. The number of rotatable bonds is 2. The van der Waals surface area contributed by atoms with Gasteiger partial charge in [0.1, 0.15) is 0 Å². The quantitative estimate of drug-likeness (QED) is 0.856. The van der Waals surface area contributed by atoms with E-state index in [1.165, 1.54) is 0 Å². The fraction of sp³-hybridized carbons (Fsp3) is 0.308. The summed E-state index contributed by atoms with van der Waals surface area (Å²) in [7, 11) is 1.80. The molecule has 2 aromatic rings. The second-order valence-corrected chi connectivity index (χ2v) is 4.90. The van der Waals surface area contributed by atoms with E-state index < -0.39 is 0 Å². The zero-order valence-electron chi connectivity index (χ0n) is 10.6. The maximum atomic E-state index is 12.0. The number of hydrogen-bond acceptors (Lipinski definition) is 3. The number of hydrogen-bond donors (Lipinski definition) is 0. The third kappa shape index (κ3) is 1.99. The molecule has 0 unspecified atom stereocenters. The Balaban J connectivity index is 2.86. The minimum atomic E-state index is -0.00452. The van der Waals surface area contributed by atoms with Crippen LogP contribution in [0.25, 0.3) is 11.1 Å². The van der Waals surface area contributed by atoms with Crippen molar-refractivity contribution in [2.24, 2.45) is 7.05 Å². The lowest BCUT2D eigenvalue weighted by molar-refractivity contribution is 0.776. The van der Waals surface area contributed by atoms with E-state index in [-0.39, 0.29) is 5.56 Å². The number of halogens is 1. The van der Waals surface area contributed by atoms with Gasteiger partial charge in [0.25, 0.3) is 5.56 Å². The summed E-state index contributed by atoms with van der Waals surface area (Å²) in [6, 6.07) is 1.91. The Labute approximate surface area is 114 Å². The summed E-state index contributed by atoms with van der Waals surface area (Å²) in [5.41, 5.74) is 3.99. The average Bonchev–Trinajstić information content (AvgIpc) is 2.41. The van der Waals surface area contributed by atoms with Crippen LogP contribution in [0.3, 0.4) is 0 Å². The van der Waals surface area contributed by atoms with Gasteiger partial charge >= 0.3 is 0 Å². The molecular formula is C13H14BrN3O. The van der Waals surface area contributed by atoms with Crippen molar-refractivity contribution in [2.75, 3.05) is 0 Å². The Kier molecular flexibility index (Phi) is 3.61. The first-order chi connectivity index (χ1) is 8.57. The minimum absolute atomic E-state index is 0.00452. The zero-order chi connectivity index (χ0) is 13.3. The monoisotopic (exact) mass is 307 g/mol. The Bertz CT molecular complexity index is 635. The summed E-state index contributed by atoms with van der Waals surface area (Å²) < 4.78 is 2.29. The first-order valence-electron chi connectivity index (χ1n) is 5.73. The smallest absolute Gasteiger partial charge is 0.265 e. The lowest BCUT2D eigenvalue weighted by Gasteiger charge is -2.16. The van der Waals surface area contributed by atoms with Crippen LogP contribution in [-0.4, -0.2) is 14.8 Å². The van der Waals surface area contributed by atoms with E-state index >= 15 is 0 Å². The van der Waals surface area contributed by atoms with Gasteiger partial charge in [-0.15, -0.1) is 0 Å². The van der Waals surface area contributed by atoms with Crippen molar-refractivity contribution >= 4 is 15.9 Å². The molecule has 4 nitrogen and oxygen atoms in total. The van der Waals surface area contributed by atoms with Gasteiger partial charge in [-0.1, -0.05) is 6.92 Å². The summed E-state index contributed by atoms with van der Waals surface area (Å²) in [6.45, 7) is 3.99. The van der Waals surface area contributed by atoms with Crippen LogP contribution in [0, 0.1) is 6.92 Å². The largest absolute Gasteiger partial charge is 0.314 e. The second-order valence-electron chi connectivity index (χ2n) is 4.11. The lowest BCUT2D eigenvalue weighted by atomic mass is 9.99. The third-order valence-electron chi connectivity index (χ3n) is 3.10. The molecule has 0 fully saturated rings. The average molecular weight is 308 g/mol. The summed E-state index contributed by atoms with van der Waals surface area (Å²) in [4.78, 5) is 12.0. The number of aromatic nitrogens is 3. The van der Waals surface area contributed by atoms with Crippen molar-refractivity contribution in [3.8, 4) is 11.1 Å². The molecule has 0 saturated carbocycles. The van der Waals surface area contributed by atoms with Crippen LogP contribution >= 0.6 is 15.9 Å². The highest BCUT2D eigenvalue weighted by atomic mass is 79.9. The van der Waals surface area contributed by atoms with Crippen LogP contribution in [0.4, 0.5) is 0 Å². The molecule has 0 aliphatic rings. The van der Waals surface area contributed by atoms with E-state index in [0.717, 1.165) is 28.8 Å². The SMILES string of the molecule is CCc1c(-c2ccnnc2)c(C)c(Br)c(=O)n1C. The molecule has 94 valence electrons. The summed E-state index contributed by atoms with van der Waals surface area (Å²) in [5.74, 6) is 0. The van der Waals surface area contributed by atoms with Gasteiger partial charge in [-0.2, -0.15) is 10.2 Å². The van der Waals surface area contributed by atoms with E-state index in [2.05, 4.69) is 26.1 Å². The molecule has 2 rings (SSSR count). The topological polar surface area (TPSA) is 47.8 Å². The first kappa shape index (κ1) is 13.0. The molecule has 0 aliphatic carbocycles. The molecular weight excluding hydrogens is 294 g/mol. The highest BCUT2D eigenvalue weighted by Crippen LogP contribution is 2.29. The number of nitrogens with zero attached hydrogens (tertiary/aromatic N) is 3. The molecule has 0 saturated heterocycles. The van der Waals surface area contributed by atoms with E-state index in [0.29, 0.717) is 4.47 Å². The highest BCUT2D eigenvalue weighted by molar-refractivity contribution is 9.10. The maximum absolute atomic E-state index is 12.0. The van der Waals surface area contributed by atoms with Gasteiger partial charge < -0.3 is 4.57 Å². The third-order valence-corrected chi connectivity index (χ3v) is 4.03. The van der Waals surface area contributed by atoms with Crippen molar-refractivity contribution in [3.05, 3.63) is 44.5 Å². The zero-order valence-corrected chi connectivity index (χ0v) is 12.2. The molecule has 0 aliphatic heterocycles. The molecule has 0 amide bonds. The normalized spacial score (nSPS) is 10.7. The molecule has 18 heavy (non-hydrogen) atoms. The van der Waals surface area contributed by atoms with Crippen LogP contribution in [0.2, 0.25) is 0 Å². The van der Waals surface area contributed by atoms with Crippen LogP contribution in [0.15, 0.2) is 27.7 Å². The van der Waals surface area contributed by atoms with E-state index in [9.17, 15) is 4.79 Å². The molecule has 0 bridgehead atoms. The van der Waals surface area contributed by atoms with Crippen molar-refractivity contribution in [1.82, 2.24) is 14.8 Å². The van der Waals surface area contributed by atoms with Crippen LogP contribution in [0.5, 0.6) is 0 Å². The van der Waals surface area contributed by atoms with Crippen molar-refractivity contribution in [1.29, 1.82) is 0 Å². The summed E-state index contributed by atoms with van der Waals surface area (Å²) in [6.07, 6.45) is 4.17. The molecule has 0 radical (unpaired) electrons. The molecule has 2 aromatic heterocycles. The van der Waals surface area contributed by atoms with Crippen LogP contribution < -0.4 is 5.56 Å². The van der Waals surface area contributed by atoms with E-state index in [4.69, 9.17) is 0 Å². The lowest BCUT2D eigenvalue weighted by Crippen LogP contribution is -2.23. The molecule has 0 atom stereocenters. The van der Waals surface area contributed by atoms with Crippen LogP contribution in [0.1, 0.15) is 18.2 Å². The predicted molar refractivity (Wildman–Crippen MR) is 74.5 cm³/mol. The van der Waals surface area contributed by atoms with Gasteiger partial charge in [0.15, 0.2) is 0 Å². The Morgan fingerprint density at radius 3 is 2.67 bits per heavy atom. The fourth-order valence-corrected chi connectivity index (χ4v) is 2.62. The van der Waals surface area contributed by atoms with Gasteiger partial charge in [0.05, 0.1) is 16.9 Å². The van der Waals surface area contributed by atoms with E-state index in [1.807, 2.05) is 19.9 Å². The van der Waals surface area contributed by atoms with E-state index in [1.54, 1.807) is 24.0 Å². The second kappa shape index (κ2) is 5.02. The van der Waals surface area contributed by atoms with Crippen LogP contribution in [-0.2, 0) is 13.5 Å². The highest BCUT2D eigenvalue weighted by Gasteiger charge is 2.16. The van der Waals surface area contributed by atoms with Gasteiger partial charge in [-0.3, -0.25) is 4.79 Å². The summed E-state index contributed by atoms with van der Waals surface area (Å²) >= 11 is 3.37. The minimum Gasteiger partial charge on any atom is -0.314 e. The molecule has 0 N–H and O–H groups in total. The van der Waals surface area contributed by atoms with Crippen molar-refractivity contribution < 1.29 is 0 Å². The molecule has 0 aromatic carbocycles. The Morgan fingerprint density at radius 2 is 2.11 bits per heavy atom. The maximum Gasteiger partial charge on any atom is 0.265 e. The Morgan fingerprint density at radius 1 is 1.39 bits per heavy atom. The van der Waals surface area contributed by atoms with Crippen molar-refractivity contribution in [3.63, 3.8) is 0 Å². The fourth-order valence-electron chi connectivity index (χ4n) is 2.16. The molecule has 5 heteroatoms. The molecule has 0 spiro atoms. The van der Waals surface area contributed by atoms with Gasteiger partial charge in [0.2, 0.25) is 0 Å².